The monoisotopic (exact) mass is 748 g/mol. The molecule has 4 saturated heterocycles. The summed E-state index contributed by atoms with van der Waals surface area (Å²) in [5, 5.41) is 2.83. The van der Waals surface area contributed by atoms with E-state index < -0.39 is 0 Å². The second kappa shape index (κ2) is 12.0. The van der Waals surface area contributed by atoms with Gasteiger partial charge in [-0.1, -0.05) is 31.9 Å². The molecule has 0 saturated carbocycles. The standard InChI is InChI=1S/2C18H23BrN4/c2*1-21-8-9-22-6-5-16-18-13(4-7-23(16)17(22)11-21)14-10-12(19)2-3-15(14)20-18/h2*2-3,10,16-17,20H,4-9,11H2,1H3/t2*16-,17-/m10/s1. The lowest BCUT2D eigenvalue weighted by Gasteiger charge is -2.53. The minimum Gasteiger partial charge on any atom is -0.357 e. The van der Waals surface area contributed by atoms with Crippen LogP contribution >= 0.6 is 31.9 Å². The maximum Gasteiger partial charge on any atom is 0.0759 e. The van der Waals surface area contributed by atoms with Crippen molar-refractivity contribution in [2.45, 2.75) is 50.1 Å². The van der Waals surface area contributed by atoms with Crippen LogP contribution in [0.15, 0.2) is 45.3 Å². The summed E-state index contributed by atoms with van der Waals surface area (Å²) in [4.78, 5) is 23.4. The molecule has 0 radical (unpaired) electrons. The predicted molar refractivity (Wildman–Crippen MR) is 193 cm³/mol. The Hall–Kier alpha value is -1.76. The van der Waals surface area contributed by atoms with Crippen molar-refractivity contribution in [3.05, 3.63) is 67.9 Å². The predicted octanol–water partition coefficient (Wildman–Crippen LogP) is 5.61. The van der Waals surface area contributed by atoms with E-state index in [-0.39, 0.29) is 0 Å². The molecule has 8 heterocycles. The molecule has 244 valence electrons. The van der Waals surface area contributed by atoms with Gasteiger partial charge in [0.25, 0.3) is 0 Å². The van der Waals surface area contributed by atoms with E-state index in [2.05, 4.69) is 122 Å². The zero-order valence-corrected chi connectivity index (χ0v) is 30.3. The Bertz CT molecular complexity index is 1640. The first-order chi connectivity index (χ1) is 22.4. The lowest BCUT2D eigenvalue weighted by atomic mass is 9.92. The van der Waals surface area contributed by atoms with Crippen molar-refractivity contribution < 1.29 is 0 Å². The second-order valence-electron chi connectivity index (χ2n) is 14.6. The molecule has 0 bridgehead atoms. The van der Waals surface area contributed by atoms with Gasteiger partial charge in [-0.2, -0.15) is 0 Å². The van der Waals surface area contributed by atoms with Crippen LogP contribution in [0.2, 0.25) is 0 Å². The lowest BCUT2D eigenvalue weighted by Crippen LogP contribution is -2.64. The van der Waals surface area contributed by atoms with Gasteiger partial charge in [-0.15, -0.1) is 0 Å². The summed E-state index contributed by atoms with van der Waals surface area (Å²) in [7, 11) is 4.52. The van der Waals surface area contributed by atoms with E-state index in [9.17, 15) is 0 Å². The minimum atomic E-state index is 0.567. The Kier molecular flexibility index (Phi) is 7.90. The molecule has 0 unspecified atom stereocenters. The number of halogens is 2. The number of piperazine rings is 2. The lowest BCUT2D eigenvalue weighted by molar-refractivity contribution is -0.0772. The maximum atomic E-state index is 3.75. The molecule has 8 nitrogen and oxygen atoms in total. The third kappa shape index (κ3) is 5.14. The van der Waals surface area contributed by atoms with Crippen LogP contribution in [0.1, 0.15) is 47.4 Å². The van der Waals surface area contributed by atoms with Gasteiger partial charge in [0.15, 0.2) is 0 Å². The van der Waals surface area contributed by atoms with Gasteiger partial charge in [0.2, 0.25) is 0 Å². The highest BCUT2D eigenvalue weighted by atomic mass is 79.9. The largest absolute Gasteiger partial charge is 0.357 e. The van der Waals surface area contributed by atoms with Crippen molar-refractivity contribution in [1.82, 2.24) is 39.4 Å². The summed E-state index contributed by atoms with van der Waals surface area (Å²) in [6.45, 7) is 12.1. The average Bonchev–Trinajstić information content (AvgIpc) is 3.62. The number of likely N-dealkylation sites (N-methyl/N-ethyl adjacent to an activating group) is 2. The molecule has 6 aliphatic heterocycles. The fourth-order valence-corrected chi connectivity index (χ4v) is 10.4. The summed E-state index contributed by atoms with van der Waals surface area (Å²) in [6, 6.07) is 14.4. The van der Waals surface area contributed by atoms with Crippen molar-refractivity contribution >= 4 is 53.7 Å². The van der Waals surface area contributed by atoms with Gasteiger partial charge < -0.3 is 19.8 Å². The van der Waals surface area contributed by atoms with Crippen LogP contribution in [0.4, 0.5) is 0 Å². The van der Waals surface area contributed by atoms with Crippen LogP contribution in [0.3, 0.4) is 0 Å². The smallest absolute Gasteiger partial charge is 0.0759 e. The fourth-order valence-electron chi connectivity index (χ4n) is 9.64. The topological polar surface area (TPSA) is 51.0 Å². The first kappa shape index (κ1) is 30.3. The Balaban J connectivity index is 0.000000127. The molecular weight excluding hydrogens is 704 g/mol. The molecule has 2 aromatic heterocycles. The zero-order valence-electron chi connectivity index (χ0n) is 27.1. The Labute approximate surface area is 289 Å². The number of rotatable bonds is 0. The molecule has 6 aliphatic rings. The molecule has 0 amide bonds. The normalized spacial score (nSPS) is 29.3. The van der Waals surface area contributed by atoms with E-state index in [1.54, 1.807) is 11.1 Å². The van der Waals surface area contributed by atoms with E-state index in [0.717, 1.165) is 12.8 Å². The van der Waals surface area contributed by atoms with Crippen LogP contribution in [-0.4, -0.2) is 131 Å². The summed E-state index contributed by atoms with van der Waals surface area (Å²) >= 11 is 7.26. The van der Waals surface area contributed by atoms with E-state index in [1.165, 1.54) is 120 Å². The van der Waals surface area contributed by atoms with E-state index in [1.807, 2.05) is 0 Å². The van der Waals surface area contributed by atoms with Gasteiger partial charge in [0, 0.05) is 108 Å². The zero-order chi connectivity index (χ0) is 31.1. The molecule has 46 heavy (non-hydrogen) atoms. The molecular formula is C36H46Br2N8. The molecule has 10 rings (SSSR count). The molecule has 4 atom stereocenters. The fraction of sp³-hybridized carbons (Fsp3) is 0.556. The van der Waals surface area contributed by atoms with Crippen molar-refractivity contribution in [1.29, 1.82) is 0 Å². The van der Waals surface area contributed by atoms with E-state index in [4.69, 9.17) is 0 Å². The van der Waals surface area contributed by atoms with Crippen LogP contribution in [0.5, 0.6) is 0 Å². The van der Waals surface area contributed by atoms with Gasteiger partial charge in [-0.05, 0) is 87.3 Å². The molecule has 4 fully saturated rings. The van der Waals surface area contributed by atoms with Crippen molar-refractivity contribution in [3.8, 4) is 0 Å². The van der Waals surface area contributed by atoms with E-state index >= 15 is 0 Å². The first-order valence-electron chi connectivity index (χ1n) is 17.4. The van der Waals surface area contributed by atoms with Gasteiger partial charge >= 0.3 is 0 Å². The number of H-pyrrole nitrogens is 2. The first-order valence-corrected chi connectivity index (χ1v) is 19.0. The Morgan fingerprint density at radius 1 is 0.587 bits per heavy atom. The summed E-state index contributed by atoms with van der Waals surface area (Å²) in [5.41, 5.74) is 8.67. The SMILES string of the molecule is CN1CCN2CC[C@@H]3c4[nH]c5ccc(Br)cc5c4CCN3[C@@H]2C1.CN1CCN2CC[C@H]3c4[nH]c5ccc(Br)cc5c4CCN3[C@H]2C1. The molecule has 0 aliphatic carbocycles. The van der Waals surface area contributed by atoms with Crippen molar-refractivity contribution in [2.75, 3.05) is 79.5 Å². The van der Waals surface area contributed by atoms with Crippen LogP contribution < -0.4 is 0 Å². The number of aromatic nitrogens is 2. The van der Waals surface area contributed by atoms with Gasteiger partial charge in [-0.3, -0.25) is 19.6 Å². The van der Waals surface area contributed by atoms with Crippen LogP contribution in [0, 0.1) is 0 Å². The van der Waals surface area contributed by atoms with E-state index in [0.29, 0.717) is 24.4 Å². The highest BCUT2D eigenvalue weighted by Crippen LogP contribution is 2.43. The number of benzene rings is 2. The number of nitrogens with one attached hydrogen (secondary N) is 2. The van der Waals surface area contributed by atoms with Crippen molar-refractivity contribution in [3.63, 3.8) is 0 Å². The molecule has 10 heteroatoms. The quantitative estimate of drug-likeness (QED) is 0.244. The highest BCUT2D eigenvalue weighted by Gasteiger charge is 2.43. The Morgan fingerprint density at radius 3 is 1.50 bits per heavy atom. The molecule has 2 aromatic carbocycles. The summed E-state index contributed by atoms with van der Waals surface area (Å²) in [5.74, 6) is 0. The molecule has 0 spiro atoms. The third-order valence-electron chi connectivity index (χ3n) is 12.0. The number of fused-ring (bicyclic) bond motifs is 14. The van der Waals surface area contributed by atoms with Gasteiger partial charge in [0.1, 0.15) is 0 Å². The number of nitrogens with zero attached hydrogens (tertiary/aromatic N) is 6. The highest BCUT2D eigenvalue weighted by molar-refractivity contribution is 9.10. The molecule has 4 aromatic rings. The van der Waals surface area contributed by atoms with Crippen molar-refractivity contribution in [2.24, 2.45) is 0 Å². The Morgan fingerprint density at radius 2 is 1.04 bits per heavy atom. The number of aromatic amines is 2. The number of hydrogen-bond acceptors (Lipinski definition) is 6. The van der Waals surface area contributed by atoms with Gasteiger partial charge in [-0.25, -0.2) is 0 Å². The maximum absolute atomic E-state index is 3.75. The minimum absolute atomic E-state index is 0.567. The average molecular weight is 751 g/mol. The summed E-state index contributed by atoms with van der Waals surface area (Å²) in [6.07, 6.45) is 6.02. The van der Waals surface area contributed by atoms with Gasteiger partial charge in [0.05, 0.1) is 24.4 Å². The number of hydrogen-bond donors (Lipinski definition) is 2. The third-order valence-corrected chi connectivity index (χ3v) is 13.0. The second-order valence-corrected chi connectivity index (χ2v) is 16.4. The van der Waals surface area contributed by atoms with Crippen LogP contribution in [-0.2, 0) is 12.8 Å². The molecule has 2 N–H and O–H groups in total. The summed E-state index contributed by atoms with van der Waals surface area (Å²) < 4.78 is 2.36. The van der Waals surface area contributed by atoms with Crippen LogP contribution in [0.25, 0.3) is 21.8 Å².